The summed E-state index contributed by atoms with van der Waals surface area (Å²) < 4.78 is 38.2. The zero-order chi connectivity index (χ0) is 25.6. The first kappa shape index (κ1) is 25.7. The van der Waals surface area contributed by atoms with E-state index in [9.17, 15) is 22.8 Å². The minimum absolute atomic E-state index is 0.0575. The topological polar surface area (TPSA) is 163 Å². The SMILES string of the molecule is COc1cc(NC(=O)c2cccs2)c(C(=O)OCC(=O)Nc2ccc(S(N)(=O)=O)cc2)cc1OC. The van der Waals surface area contributed by atoms with Gasteiger partial charge in [0.25, 0.3) is 11.8 Å². The quantitative estimate of drug-likeness (QED) is 0.363. The Hall–Kier alpha value is -3.94. The van der Waals surface area contributed by atoms with E-state index in [0.29, 0.717) is 4.88 Å². The van der Waals surface area contributed by atoms with Crippen LogP contribution in [0.25, 0.3) is 0 Å². The lowest BCUT2D eigenvalue weighted by Crippen LogP contribution is -2.22. The van der Waals surface area contributed by atoms with Crippen molar-refractivity contribution in [2.45, 2.75) is 4.90 Å². The summed E-state index contributed by atoms with van der Waals surface area (Å²) in [6, 6.07) is 11.2. The number of esters is 1. The first-order chi connectivity index (χ1) is 16.6. The maximum atomic E-state index is 12.8. The highest BCUT2D eigenvalue weighted by atomic mass is 32.2. The van der Waals surface area contributed by atoms with Crippen LogP contribution in [-0.4, -0.2) is 47.0 Å². The predicted octanol–water partition coefficient (Wildman–Crippen LogP) is 2.46. The first-order valence-electron chi connectivity index (χ1n) is 9.83. The number of methoxy groups -OCH3 is 2. The van der Waals surface area contributed by atoms with Crippen molar-refractivity contribution in [3.05, 3.63) is 64.4 Å². The summed E-state index contributed by atoms with van der Waals surface area (Å²) in [4.78, 5) is 37.8. The molecule has 4 N–H and O–H groups in total. The Morgan fingerprint density at radius 3 is 2.20 bits per heavy atom. The molecule has 0 atom stereocenters. The molecule has 3 rings (SSSR count). The first-order valence-corrected chi connectivity index (χ1v) is 12.3. The highest BCUT2D eigenvalue weighted by Gasteiger charge is 2.21. The molecule has 0 unspecified atom stereocenters. The highest BCUT2D eigenvalue weighted by molar-refractivity contribution is 7.89. The van der Waals surface area contributed by atoms with Gasteiger partial charge in [0.05, 0.1) is 35.2 Å². The Bertz CT molecular complexity index is 1340. The van der Waals surface area contributed by atoms with Gasteiger partial charge in [0.15, 0.2) is 18.1 Å². The minimum atomic E-state index is -3.87. The molecule has 0 bridgehead atoms. The fourth-order valence-electron chi connectivity index (χ4n) is 2.88. The summed E-state index contributed by atoms with van der Waals surface area (Å²) in [6.45, 7) is -0.650. The Morgan fingerprint density at radius 1 is 0.971 bits per heavy atom. The van der Waals surface area contributed by atoms with E-state index in [0.717, 1.165) is 0 Å². The van der Waals surface area contributed by atoms with Gasteiger partial charge in [-0.2, -0.15) is 0 Å². The molecular weight excluding hydrogens is 498 g/mol. The maximum absolute atomic E-state index is 12.8. The van der Waals surface area contributed by atoms with Crippen molar-refractivity contribution in [1.82, 2.24) is 0 Å². The number of rotatable bonds is 9. The molecule has 0 aliphatic rings. The van der Waals surface area contributed by atoms with Crippen LogP contribution in [0.15, 0.2) is 58.8 Å². The molecule has 3 aromatic rings. The van der Waals surface area contributed by atoms with Crippen molar-refractivity contribution in [2.24, 2.45) is 5.14 Å². The lowest BCUT2D eigenvalue weighted by atomic mass is 10.1. The van der Waals surface area contributed by atoms with Crippen LogP contribution in [0.4, 0.5) is 11.4 Å². The lowest BCUT2D eigenvalue weighted by Gasteiger charge is -2.15. The van der Waals surface area contributed by atoms with E-state index in [-0.39, 0.29) is 33.3 Å². The number of carbonyl (C=O) groups is 3. The molecule has 13 heteroatoms. The van der Waals surface area contributed by atoms with Crippen LogP contribution in [0.2, 0.25) is 0 Å². The van der Waals surface area contributed by atoms with E-state index in [1.807, 2.05) is 0 Å². The molecule has 2 aromatic carbocycles. The number of nitrogens with one attached hydrogen (secondary N) is 2. The van der Waals surface area contributed by atoms with E-state index >= 15 is 0 Å². The average molecular weight is 520 g/mol. The van der Waals surface area contributed by atoms with Gasteiger partial charge in [-0.1, -0.05) is 6.07 Å². The zero-order valence-corrected chi connectivity index (χ0v) is 20.2. The Kier molecular flexibility index (Phi) is 8.06. The van der Waals surface area contributed by atoms with Crippen molar-refractivity contribution >= 4 is 50.5 Å². The molecule has 0 spiro atoms. The second-order valence-corrected chi connectivity index (χ2v) is 9.39. The molecule has 0 aliphatic heterocycles. The second kappa shape index (κ2) is 11.0. The van der Waals surface area contributed by atoms with Crippen LogP contribution in [0.3, 0.4) is 0 Å². The number of sulfonamides is 1. The van der Waals surface area contributed by atoms with Crippen LogP contribution in [-0.2, 0) is 19.6 Å². The standard InChI is InChI=1S/C22H21N3O8S2/c1-31-17-10-15(16(11-18(17)32-2)25-21(27)19-4-3-9-34-19)22(28)33-12-20(26)24-13-5-7-14(8-6-13)35(23,29)30/h3-11H,12H2,1-2H3,(H,24,26)(H,25,27)(H2,23,29,30). The molecule has 35 heavy (non-hydrogen) atoms. The maximum Gasteiger partial charge on any atom is 0.340 e. The monoisotopic (exact) mass is 519 g/mol. The van der Waals surface area contributed by atoms with Crippen LogP contribution in [0.5, 0.6) is 11.5 Å². The van der Waals surface area contributed by atoms with Gasteiger partial charge in [-0.3, -0.25) is 9.59 Å². The Balaban J connectivity index is 1.73. The summed E-state index contributed by atoms with van der Waals surface area (Å²) in [5.41, 5.74) is 0.316. The van der Waals surface area contributed by atoms with Crippen LogP contribution in [0, 0.1) is 0 Å². The molecule has 0 fully saturated rings. The molecule has 0 aliphatic carbocycles. The number of primary sulfonamides is 1. The fraction of sp³-hybridized carbons (Fsp3) is 0.136. The number of benzene rings is 2. The number of nitrogens with two attached hydrogens (primary N) is 1. The van der Waals surface area contributed by atoms with Gasteiger partial charge >= 0.3 is 5.97 Å². The van der Waals surface area contributed by atoms with Crippen molar-refractivity contribution < 1.29 is 37.0 Å². The second-order valence-electron chi connectivity index (χ2n) is 6.88. The summed E-state index contributed by atoms with van der Waals surface area (Å²) in [5.74, 6) is -1.53. The number of anilines is 2. The third kappa shape index (κ3) is 6.56. The van der Waals surface area contributed by atoms with Crippen molar-refractivity contribution in [1.29, 1.82) is 0 Å². The molecule has 0 saturated heterocycles. The van der Waals surface area contributed by atoms with E-state index < -0.39 is 34.4 Å². The van der Waals surface area contributed by atoms with Gasteiger partial charge in [-0.25, -0.2) is 18.4 Å². The zero-order valence-electron chi connectivity index (χ0n) is 18.6. The third-order valence-electron chi connectivity index (χ3n) is 4.54. The van der Waals surface area contributed by atoms with Gasteiger partial charge in [-0.15, -0.1) is 11.3 Å². The van der Waals surface area contributed by atoms with Gasteiger partial charge in [0.1, 0.15) is 0 Å². The summed E-state index contributed by atoms with van der Waals surface area (Å²) >= 11 is 1.22. The Labute approximate surface area is 204 Å². The van der Waals surface area contributed by atoms with Crippen LogP contribution >= 0.6 is 11.3 Å². The number of thiophene rings is 1. The van der Waals surface area contributed by atoms with Crippen LogP contribution < -0.4 is 25.2 Å². The fourth-order valence-corrected chi connectivity index (χ4v) is 4.01. The summed E-state index contributed by atoms with van der Waals surface area (Å²) in [6.07, 6.45) is 0. The van der Waals surface area contributed by atoms with Gasteiger partial charge < -0.3 is 24.8 Å². The van der Waals surface area contributed by atoms with E-state index in [1.165, 1.54) is 62.0 Å². The Morgan fingerprint density at radius 2 is 1.63 bits per heavy atom. The molecule has 0 saturated carbocycles. The predicted molar refractivity (Wildman–Crippen MR) is 129 cm³/mol. The van der Waals surface area contributed by atoms with E-state index in [4.69, 9.17) is 19.3 Å². The van der Waals surface area contributed by atoms with Gasteiger partial charge in [0, 0.05) is 17.8 Å². The van der Waals surface area contributed by atoms with Crippen molar-refractivity contribution in [3.8, 4) is 11.5 Å². The third-order valence-corrected chi connectivity index (χ3v) is 6.34. The number of hydrogen-bond donors (Lipinski definition) is 3. The van der Waals surface area contributed by atoms with Crippen molar-refractivity contribution in [2.75, 3.05) is 31.5 Å². The number of carbonyl (C=O) groups excluding carboxylic acids is 3. The molecule has 0 radical (unpaired) electrons. The molecule has 1 aromatic heterocycles. The minimum Gasteiger partial charge on any atom is -0.493 e. The smallest absolute Gasteiger partial charge is 0.340 e. The summed E-state index contributed by atoms with van der Waals surface area (Å²) in [7, 11) is -1.09. The van der Waals surface area contributed by atoms with Gasteiger partial charge in [0.2, 0.25) is 10.0 Å². The van der Waals surface area contributed by atoms with Crippen molar-refractivity contribution in [3.63, 3.8) is 0 Å². The summed E-state index contributed by atoms with van der Waals surface area (Å²) in [5, 5.41) is 11.9. The number of ether oxygens (including phenoxy) is 3. The van der Waals surface area contributed by atoms with E-state index in [2.05, 4.69) is 10.6 Å². The lowest BCUT2D eigenvalue weighted by molar-refractivity contribution is -0.119. The normalized spacial score (nSPS) is 10.8. The van der Waals surface area contributed by atoms with E-state index in [1.54, 1.807) is 17.5 Å². The van der Waals surface area contributed by atoms with Crippen LogP contribution in [0.1, 0.15) is 20.0 Å². The molecule has 184 valence electrons. The average Bonchev–Trinajstić information content (AvgIpc) is 3.37. The molecule has 11 nitrogen and oxygen atoms in total. The number of hydrogen-bond acceptors (Lipinski definition) is 9. The highest BCUT2D eigenvalue weighted by Crippen LogP contribution is 2.34. The molecule has 2 amide bonds. The molecule has 1 heterocycles. The number of amides is 2. The largest absolute Gasteiger partial charge is 0.493 e. The van der Waals surface area contributed by atoms with Gasteiger partial charge in [-0.05, 0) is 35.7 Å². The molecular formula is C22H21N3O8S2.